The van der Waals surface area contributed by atoms with Crippen LogP contribution in [0.15, 0.2) is 0 Å². The minimum Gasteiger partial charge on any atom is -0.414 e. The quantitative estimate of drug-likeness (QED) is 0.0972. The first-order valence-electron chi connectivity index (χ1n) is 12.0. The molecule has 0 aromatic rings. The fourth-order valence-corrected chi connectivity index (χ4v) is 4.85. The zero-order chi connectivity index (χ0) is 29.7. The van der Waals surface area contributed by atoms with Gasteiger partial charge in [0, 0.05) is 0 Å². The summed E-state index contributed by atoms with van der Waals surface area (Å²) in [6.07, 6.45) is -16.5. The molecule has 0 saturated carbocycles. The van der Waals surface area contributed by atoms with Gasteiger partial charge >= 0.3 is 23.5 Å². The lowest BCUT2D eigenvalue weighted by atomic mass is 9.89. The molecule has 20 heteroatoms. The van der Waals surface area contributed by atoms with Gasteiger partial charge in [-0.15, -0.1) is 0 Å². The molecule has 15 atom stereocenters. The molecular formula is C20H33N3O17. The molecule has 2 unspecified atom stereocenters. The van der Waals surface area contributed by atoms with E-state index < -0.39 is 123 Å². The molecule has 0 radical (unpaired) electrons. The first-order chi connectivity index (χ1) is 18.7. The second kappa shape index (κ2) is 11.5. The number of fused-ring (bicyclic) bond motifs is 1. The third-order valence-corrected chi connectivity index (χ3v) is 7.22. The molecule has 0 aromatic carbocycles. The van der Waals surface area contributed by atoms with Crippen molar-refractivity contribution in [2.24, 2.45) is 17.2 Å². The van der Waals surface area contributed by atoms with Gasteiger partial charge in [0.2, 0.25) is 0 Å². The van der Waals surface area contributed by atoms with Gasteiger partial charge in [-0.25, -0.2) is 9.59 Å². The molecule has 4 heterocycles. The van der Waals surface area contributed by atoms with Crippen molar-refractivity contribution in [2.45, 2.75) is 91.3 Å². The van der Waals surface area contributed by atoms with Crippen molar-refractivity contribution in [3.05, 3.63) is 0 Å². The van der Waals surface area contributed by atoms with E-state index in [0.29, 0.717) is 0 Å². The zero-order valence-corrected chi connectivity index (χ0v) is 20.6. The van der Waals surface area contributed by atoms with E-state index >= 15 is 0 Å². The zero-order valence-electron chi connectivity index (χ0n) is 20.6. The summed E-state index contributed by atoms with van der Waals surface area (Å²) in [6, 6.07) is -4.62. The lowest BCUT2D eigenvalue weighted by Gasteiger charge is -2.55. The van der Waals surface area contributed by atoms with Crippen molar-refractivity contribution in [2.75, 3.05) is 19.8 Å². The topological polar surface area (TPSA) is 339 Å². The van der Waals surface area contributed by atoms with Gasteiger partial charge in [0.25, 0.3) is 0 Å². The number of hydrogen-bond acceptors (Lipinski definition) is 20. The van der Waals surface area contributed by atoms with Crippen LogP contribution in [0.3, 0.4) is 0 Å². The maximum Gasteiger partial charge on any atom is 0.420 e. The number of nitrogens with two attached hydrogens (primary N) is 3. The Labute approximate surface area is 224 Å². The highest BCUT2D eigenvalue weighted by molar-refractivity contribution is 6.30. The number of ether oxygens (including phenoxy) is 7. The average Bonchev–Trinajstić information content (AvgIpc) is 2.93. The fraction of sp³-hybridized carbons (Fsp3) is 0.900. The Bertz CT molecular complexity index is 944. The van der Waals surface area contributed by atoms with E-state index in [2.05, 4.69) is 4.74 Å². The number of esters is 2. The molecule has 230 valence electrons. The Kier molecular flexibility index (Phi) is 9.00. The molecule has 0 bridgehead atoms. The molecule has 0 amide bonds. The van der Waals surface area contributed by atoms with Crippen LogP contribution in [-0.2, 0) is 42.7 Å². The Morgan fingerprint density at radius 3 is 1.85 bits per heavy atom. The van der Waals surface area contributed by atoms with Crippen molar-refractivity contribution >= 4 is 11.9 Å². The van der Waals surface area contributed by atoms with Crippen molar-refractivity contribution in [3.8, 4) is 0 Å². The van der Waals surface area contributed by atoms with Crippen LogP contribution in [0.1, 0.15) is 0 Å². The van der Waals surface area contributed by atoms with E-state index in [1.54, 1.807) is 0 Å². The van der Waals surface area contributed by atoms with E-state index in [9.17, 15) is 50.4 Å². The van der Waals surface area contributed by atoms with E-state index in [1.807, 2.05) is 0 Å². The summed E-state index contributed by atoms with van der Waals surface area (Å²) in [6.45, 7) is -2.93. The third-order valence-electron chi connectivity index (χ3n) is 7.22. The highest BCUT2D eigenvalue weighted by Gasteiger charge is 2.73. The third kappa shape index (κ3) is 4.98. The molecule has 40 heavy (non-hydrogen) atoms. The van der Waals surface area contributed by atoms with Crippen LogP contribution in [0.4, 0.5) is 0 Å². The number of carbonyl (C=O) groups excluding carboxylic acids is 2. The van der Waals surface area contributed by atoms with E-state index in [0.717, 1.165) is 0 Å². The number of aliphatic hydroxyl groups is 8. The molecule has 4 aliphatic heterocycles. The fourth-order valence-electron chi connectivity index (χ4n) is 4.85. The summed E-state index contributed by atoms with van der Waals surface area (Å²) in [5.74, 6) is -9.44. The van der Waals surface area contributed by atoms with Gasteiger partial charge in [0.05, 0.1) is 31.3 Å². The average molecular weight is 587 g/mol. The maximum atomic E-state index is 11.8. The van der Waals surface area contributed by atoms with Crippen LogP contribution in [0, 0.1) is 0 Å². The van der Waals surface area contributed by atoms with Crippen LogP contribution in [0.2, 0.25) is 0 Å². The lowest BCUT2D eigenvalue weighted by molar-refractivity contribution is -0.474. The number of rotatable bonds is 7. The van der Waals surface area contributed by atoms with Gasteiger partial charge in [0.15, 0.2) is 18.9 Å². The molecule has 4 rings (SSSR count). The second-order valence-electron chi connectivity index (χ2n) is 9.71. The number of hydrogen-bond donors (Lipinski definition) is 11. The summed E-state index contributed by atoms with van der Waals surface area (Å²) in [5.41, 5.74) is 17.7. The smallest absolute Gasteiger partial charge is 0.414 e. The Morgan fingerprint density at radius 2 is 1.27 bits per heavy atom. The van der Waals surface area contributed by atoms with Gasteiger partial charge in [-0.3, -0.25) is 0 Å². The molecule has 0 aromatic heterocycles. The van der Waals surface area contributed by atoms with Crippen LogP contribution >= 0.6 is 0 Å². The van der Waals surface area contributed by atoms with Gasteiger partial charge in [-0.1, -0.05) is 0 Å². The molecule has 4 saturated heterocycles. The van der Waals surface area contributed by atoms with Crippen molar-refractivity contribution in [1.82, 2.24) is 0 Å². The van der Waals surface area contributed by atoms with E-state index in [4.69, 9.17) is 45.6 Å². The SMILES string of the molecule is N[C@H]1[C@@H](OC2[C@@H](CO)O[C@@H](OC3[C@@H](CO)O[C@@H](O)[C@H](N)[C@H]3O)[C@H](N)[C@H]2O)O[C@]2(CO)OC(=O)C(=O)O[C@@]2(O)[C@@H]1O. The monoisotopic (exact) mass is 587 g/mol. The minimum absolute atomic E-state index is 0.719. The van der Waals surface area contributed by atoms with E-state index in [-0.39, 0.29) is 0 Å². The van der Waals surface area contributed by atoms with Crippen molar-refractivity contribution < 1.29 is 83.6 Å². The standard InChI is InChI=1S/C20H33N3O17/c21-6-9(27)11(4(1-24)34-14(6)30)36-17-7(22)10(28)12(5(2-25)35-17)37-18-8(23)13(29)20(33)19(3-26,40-18)38-15(31)16(32)39-20/h4-14,17-18,24-30,33H,1-3,21-23H2/t4-,5-,6-,7-,8-,9-,10-,11?,12?,13-,14-,17+,18+,19+,20+/m1/s1. The minimum atomic E-state index is -3.15. The van der Waals surface area contributed by atoms with Crippen LogP contribution < -0.4 is 17.2 Å². The maximum absolute atomic E-state index is 11.8. The Hall–Kier alpha value is -1.70. The largest absolute Gasteiger partial charge is 0.420 e. The predicted molar refractivity (Wildman–Crippen MR) is 117 cm³/mol. The summed E-state index contributed by atoms with van der Waals surface area (Å²) >= 11 is 0. The normalized spacial score (nSPS) is 51.5. The van der Waals surface area contributed by atoms with Crippen molar-refractivity contribution in [3.63, 3.8) is 0 Å². The molecule has 14 N–H and O–H groups in total. The summed E-state index contributed by atoms with van der Waals surface area (Å²) < 4.78 is 36.6. The van der Waals surface area contributed by atoms with Gasteiger partial charge in [0.1, 0.15) is 49.3 Å². The first kappa shape index (κ1) is 31.2. The van der Waals surface area contributed by atoms with Gasteiger partial charge < -0.3 is 91.2 Å². The molecule has 4 aliphatic rings. The van der Waals surface area contributed by atoms with E-state index in [1.165, 1.54) is 0 Å². The predicted octanol–water partition coefficient (Wildman–Crippen LogP) is -8.92. The highest BCUT2D eigenvalue weighted by Crippen LogP contribution is 2.43. The van der Waals surface area contributed by atoms with Crippen LogP contribution in [-0.4, -0.2) is 164 Å². The molecule has 20 nitrogen and oxygen atoms in total. The lowest BCUT2D eigenvalue weighted by Crippen LogP contribution is -2.80. The summed E-state index contributed by atoms with van der Waals surface area (Å²) in [5, 5.41) is 82.0. The van der Waals surface area contributed by atoms with Gasteiger partial charge in [-0.2, -0.15) is 0 Å². The Balaban J connectivity index is 1.52. The number of aliphatic hydroxyl groups excluding tert-OH is 7. The Morgan fingerprint density at radius 1 is 0.750 bits per heavy atom. The van der Waals surface area contributed by atoms with Crippen molar-refractivity contribution in [1.29, 1.82) is 0 Å². The van der Waals surface area contributed by atoms with Crippen LogP contribution in [0.5, 0.6) is 0 Å². The molecule has 4 fully saturated rings. The molecule has 0 spiro atoms. The molecule has 0 aliphatic carbocycles. The second-order valence-corrected chi connectivity index (χ2v) is 9.71. The number of carbonyl (C=O) groups is 2. The molecular weight excluding hydrogens is 554 g/mol. The van der Waals surface area contributed by atoms with Crippen LogP contribution in [0.25, 0.3) is 0 Å². The summed E-state index contributed by atoms with van der Waals surface area (Å²) in [4.78, 5) is 23.5. The van der Waals surface area contributed by atoms with Gasteiger partial charge in [-0.05, 0) is 0 Å². The highest BCUT2D eigenvalue weighted by atomic mass is 16.9. The summed E-state index contributed by atoms with van der Waals surface area (Å²) in [7, 11) is 0. The first-order valence-corrected chi connectivity index (χ1v) is 12.0.